The highest BCUT2D eigenvalue weighted by molar-refractivity contribution is 7.92. The van der Waals surface area contributed by atoms with Crippen LogP contribution in [0.2, 0.25) is 15.1 Å². The first-order valence-corrected chi connectivity index (χ1v) is 16.1. The summed E-state index contributed by atoms with van der Waals surface area (Å²) in [7, 11) is -4.28. The fourth-order valence-corrected chi connectivity index (χ4v) is 6.82. The third-order valence-electron chi connectivity index (χ3n) is 6.65. The number of nitrogens with zero attached hydrogens (tertiary/aromatic N) is 2. The van der Waals surface area contributed by atoms with Crippen LogP contribution >= 0.6 is 34.8 Å². The summed E-state index contributed by atoms with van der Waals surface area (Å²) in [6.07, 6.45) is 0.201. The van der Waals surface area contributed by atoms with Crippen molar-refractivity contribution < 1.29 is 18.0 Å². The van der Waals surface area contributed by atoms with Gasteiger partial charge in [0.05, 0.1) is 15.6 Å². The molecule has 0 saturated carbocycles. The molecule has 0 fully saturated rings. The minimum atomic E-state index is -4.28. The molecule has 0 radical (unpaired) electrons. The van der Waals surface area contributed by atoms with Crippen LogP contribution in [0.3, 0.4) is 0 Å². The number of nitrogens with one attached hydrogen (secondary N) is 1. The van der Waals surface area contributed by atoms with E-state index in [1.54, 1.807) is 49.4 Å². The molecular formula is C32H30Cl3N3O4S. The Morgan fingerprint density at radius 2 is 1.42 bits per heavy atom. The molecule has 0 unspecified atom stereocenters. The zero-order chi connectivity index (χ0) is 31.0. The van der Waals surface area contributed by atoms with E-state index in [4.69, 9.17) is 34.8 Å². The largest absolute Gasteiger partial charge is 0.355 e. The van der Waals surface area contributed by atoms with Crippen molar-refractivity contribution in [3.8, 4) is 0 Å². The molecule has 4 aromatic rings. The third kappa shape index (κ3) is 8.30. The number of halogens is 3. The monoisotopic (exact) mass is 657 g/mol. The van der Waals surface area contributed by atoms with E-state index in [2.05, 4.69) is 5.32 Å². The highest BCUT2D eigenvalue weighted by Crippen LogP contribution is 2.33. The maximum absolute atomic E-state index is 14.4. The van der Waals surface area contributed by atoms with Crippen molar-refractivity contribution in [3.05, 3.63) is 129 Å². The number of anilines is 1. The van der Waals surface area contributed by atoms with E-state index in [1.807, 2.05) is 30.3 Å². The number of carbonyl (C=O) groups is 2. The van der Waals surface area contributed by atoms with Crippen molar-refractivity contribution in [2.75, 3.05) is 17.4 Å². The summed E-state index contributed by atoms with van der Waals surface area (Å²) in [5.74, 6) is -0.985. The van der Waals surface area contributed by atoms with Crippen LogP contribution in [0.5, 0.6) is 0 Å². The zero-order valence-corrected chi connectivity index (χ0v) is 26.4. The van der Waals surface area contributed by atoms with Crippen LogP contribution in [0.15, 0.2) is 108 Å². The number of benzene rings is 4. The van der Waals surface area contributed by atoms with Crippen LogP contribution in [0, 0.1) is 0 Å². The smallest absolute Gasteiger partial charge is 0.264 e. The molecule has 43 heavy (non-hydrogen) atoms. The van der Waals surface area contributed by atoms with Crippen molar-refractivity contribution in [2.24, 2.45) is 0 Å². The number of rotatable bonds is 12. The predicted molar refractivity (Wildman–Crippen MR) is 172 cm³/mol. The number of amides is 2. The van der Waals surface area contributed by atoms with Crippen molar-refractivity contribution >= 4 is 62.3 Å². The van der Waals surface area contributed by atoms with E-state index in [0.29, 0.717) is 22.2 Å². The SMILES string of the molecule is CCNC(=O)[C@@H](Cc1ccccc1)N(Cc1cccc(Cl)c1)C(=O)CN(c1ccc(Cl)cc1Cl)S(=O)(=O)c1ccccc1. The molecule has 4 rings (SSSR count). The molecule has 1 atom stereocenters. The maximum atomic E-state index is 14.4. The van der Waals surface area contributed by atoms with Gasteiger partial charge in [0.1, 0.15) is 12.6 Å². The number of hydrogen-bond donors (Lipinski definition) is 1. The van der Waals surface area contributed by atoms with Gasteiger partial charge < -0.3 is 10.2 Å². The summed E-state index contributed by atoms with van der Waals surface area (Å²) in [5, 5.41) is 3.64. The molecule has 7 nitrogen and oxygen atoms in total. The average molecular weight is 659 g/mol. The molecule has 0 aliphatic rings. The van der Waals surface area contributed by atoms with Gasteiger partial charge in [-0.3, -0.25) is 13.9 Å². The standard InChI is InChI=1S/C32H30Cl3N3O4S/c1-2-36-32(40)30(19-23-10-5-3-6-11-23)37(21-24-12-9-13-25(33)18-24)31(39)22-38(29-17-16-26(34)20-28(29)35)43(41,42)27-14-7-4-8-15-27/h3-18,20,30H,2,19,21-22H2,1H3,(H,36,40)/t30-/m1/s1. The predicted octanol–water partition coefficient (Wildman–Crippen LogP) is 6.62. The van der Waals surface area contributed by atoms with Crippen LogP contribution < -0.4 is 9.62 Å². The first-order valence-electron chi connectivity index (χ1n) is 13.5. The fraction of sp³-hybridized carbons (Fsp3) is 0.188. The quantitative estimate of drug-likeness (QED) is 0.185. The van der Waals surface area contributed by atoms with Gasteiger partial charge in [-0.2, -0.15) is 0 Å². The van der Waals surface area contributed by atoms with E-state index in [1.165, 1.54) is 35.2 Å². The molecule has 2 amide bonds. The van der Waals surface area contributed by atoms with Gasteiger partial charge in [-0.1, -0.05) is 95.5 Å². The molecule has 224 valence electrons. The Balaban J connectivity index is 1.81. The lowest BCUT2D eigenvalue weighted by molar-refractivity contribution is -0.140. The molecule has 0 spiro atoms. The maximum Gasteiger partial charge on any atom is 0.264 e. The highest BCUT2D eigenvalue weighted by atomic mass is 35.5. The first-order chi connectivity index (χ1) is 20.6. The Labute approximate surface area is 267 Å². The summed E-state index contributed by atoms with van der Waals surface area (Å²) < 4.78 is 28.9. The Hall–Kier alpha value is -3.56. The lowest BCUT2D eigenvalue weighted by Gasteiger charge is -2.34. The Morgan fingerprint density at radius 1 is 0.791 bits per heavy atom. The zero-order valence-electron chi connectivity index (χ0n) is 23.3. The normalized spacial score (nSPS) is 11.9. The van der Waals surface area contributed by atoms with Gasteiger partial charge in [-0.05, 0) is 60.5 Å². The van der Waals surface area contributed by atoms with Gasteiger partial charge in [0.2, 0.25) is 11.8 Å². The second-order valence-electron chi connectivity index (χ2n) is 9.67. The van der Waals surface area contributed by atoms with Gasteiger partial charge in [-0.15, -0.1) is 0 Å². The summed E-state index contributed by atoms with van der Waals surface area (Å²) in [5.41, 5.74) is 1.57. The van der Waals surface area contributed by atoms with Gasteiger partial charge in [0.25, 0.3) is 10.0 Å². The molecule has 1 N–H and O–H groups in total. The molecule has 0 aliphatic carbocycles. The summed E-state index contributed by atoms with van der Waals surface area (Å²) >= 11 is 18.9. The molecule has 4 aromatic carbocycles. The average Bonchev–Trinajstić information content (AvgIpc) is 2.99. The van der Waals surface area contributed by atoms with Crippen molar-refractivity contribution in [3.63, 3.8) is 0 Å². The van der Waals surface area contributed by atoms with E-state index in [0.717, 1.165) is 9.87 Å². The topological polar surface area (TPSA) is 86.8 Å². The minimum Gasteiger partial charge on any atom is -0.355 e. The van der Waals surface area contributed by atoms with E-state index in [-0.39, 0.29) is 34.5 Å². The van der Waals surface area contributed by atoms with Crippen molar-refractivity contribution in [1.29, 1.82) is 0 Å². The second-order valence-corrected chi connectivity index (χ2v) is 12.8. The lowest BCUT2D eigenvalue weighted by atomic mass is 10.0. The van der Waals surface area contributed by atoms with E-state index in [9.17, 15) is 18.0 Å². The number of likely N-dealkylation sites (N-methyl/N-ethyl adjacent to an activating group) is 1. The highest BCUT2D eigenvalue weighted by Gasteiger charge is 2.35. The van der Waals surface area contributed by atoms with Crippen LogP contribution in [0.25, 0.3) is 0 Å². The summed E-state index contributed by atoms with van der Waals surface area (Å²) in [4.78, 5) is 29.2. The Kier molecular flexibility index (Phi) is 11.1. The Morgan fingerprint density at radius 3 is 2.05 bits per heavy atom. The van der Waals surface area contributed by atoms with Crippen LogP contribution in [-0.4, -0.2) is 44.3 Å². The van der Waals surface area contributed by atoms with Crippen LogP contribution in [0.4, 0.5) is 5.69 Å². The molecule has 0 saturated heterocycles. The molecule has 11 heteroatoms. The Bertz CT molecular complexity index is 1670. The van der Waals surface area contributed by atoms with Gasteiger partial charge in [0.15, 0.2) is 0 Å². The van der Waals surface area contributed by atoms with Gasteiger partial charge >= 0.3 is 0 Å². The number of carbonyl (C=O) groups excluding carboxylic acids is 2. The molecule has 0 bridgehead atoms. The van der Waals surface area contributed by atoms with E-state index < -0.39 is 28.5 Å². The van der Waals surface area contributed by atoms with Crippen molar-refractivity contribution in [1.82, 2.24) is 10.2 Å². The van der Waals surface area contributed by atoms with E-state index >= 15 is 0 Å². The summed E-state index contributed by atoms with van der Waals surface area (Å²) in [6, 6.07) is 27.4. The second kappa shape index (κ2) is 14.8. The molecular weight excluding hydrogens is 629 g/mol. The molecule has 0 aromatic heterocycles. The van der Waals surface area contributed by atoms with Crippen LogP contribution in [-0.2, 0) is 32.6 Å². The third-order valence-corrected chi connectivity index (χ3v) is 9.20. The first kappa shape index (κ1) is 32.4. The summed E-state index contributed by atoms with van der Waals surface area (Å²) in [6.45, 7) is 1.50. The van der Waals surface area contributed by atoms with Gasteiger partial charge in [0, 0.05) is 29.6 Å². The fourth-order valence-electron chi connectivity index (χ4n) is 4.59. The number of sulfonamides is 1. The lowest BCUT2D eigenvalue weighted by Crippen LogP contribution is -2.53. The number of hydrogen-bond acceptors (Lipinski definition) is 4. The van der Waals surface area contributed by atoms with Gasteiger partial charge in [-0.25, -0.2) is 8.42 Å². The van der Waals surface area contributed by atoms with Crippen molar-refractivity contribution in [2.45, 2.75) is 30.8 Å². The molecule has 0 heterocycles. The molecule has 0 aliphatic heterocycles. The minimum absolute atomic E-state index is 0.00159. The van der Waals surface area contributed by atoms with Crippen LogP contribution in [0.1, 0.15) is 18.1 Å².